The first kappa shape index (κ1) is 11.3. The average molecular weight is 232 g/mol. The molecule has 2 nitrogen and oxygen atoms in total. The molecule has 0 aromatic carbocycles. The Labute approximate surface area is 104 Å². The molecule has 3 unspecified atom stereocenters. The normalized spacial score (nSPS) is 31.2. The Morgan fingerprint density at radius 2 is 2.29 bits per heavy atom. The minimum absolute atomic E-state index is 0.971. The monoisotopic (exact) mass is 232 g/mol. The second-order valence-electron chi connectivity index (χ2n) is 5.85. The maximum Gasteiger partial charge on any atom is 0.0359 e. The minimum atomic E-state index is 0.971. The zero-order valence-corrected chi connectivity index (χ0v) is 10.9. The van der Waals surface area contributed by atoms with E-state index < -0.39 is 0 Å². The lowest BCUT2D eigenvalue weighted by atomic mass is 9.89. The van der Waals surface area contributed by atoms with E-state index in [9.17, 15) is 0 Å². The quantitative estimate of drug-likeness (QED) is 0.825. The molecule has 2 saturated carbocycles. The van der Waals surface area contributed by atoms with Gasteiger partial charge in [0.15, 0.2) is 0 Å². The van der Waals surface area contributed by atoms with Gasteiger partial charge in [0, 0.05) is 25.0 Å². The van der Waals surface area contributed by atoms with Crippen LogP contribution in [0.15, 0.2) is 18.3 Å². The molecule has 2 aliphatic carbocycles. The first-order valence-corrected chi connectivity index (χ1v) is 7.21. The van der Waals surface area contributed by atoms with E-state index in [1.165, 1.54) is 37.9 Å². The van der Waals surface area contributed by atoms with Crippen molar-refractivity contribution < 1.29 is 0 Å². The number of rotatable bonds is 5. The molecule has 17 heavy (non-hydrogen) atoms. The van der Waals surface area contributed by atoms with E-state index in [4.69, 9.17) is 0 Å². The Morgan fingerprint density at radius 3 is 3.00 bits per heavy atom. The van der Waals surface area contributed by atoms with Gasteiger partial charge < -0.3 is 9.88 Å². The van der Waals surface area contributed by atoms with Crippen molar-refractivity contribution in [2.75, 3.05) is 6.54 Å². The molecule has 1 aromatic rings. The molecule has 3 rings (SSSR count). The average Bonchev–Trinajstić information content (AvgIpc) is 3.04. The maximum atomic E-state index is 3.67. The second-order valence-corrected chi connectivity index (χ2v) is 5.85. The minimum Gasteiger partial charge on any atom is -0.351 e. The molecule has 1 aromatic heterocycles. The Morgan fingerprint density at radius 1 is 1.35 bits per heavy atom. The number of nitrogens with one attached hydrogen (secondary N) is 1. The van der Waals surface area contributed by atoms with Crippen LogP contribution in [0.25, 0.3) is 0 Å². The highest BCUT2D eigenvalue weighted by Crippen LogP contribution is 2.47. The van der Waals surface area contributed by atoms with Crippen LogP contribution in [0.5, 0.6) is 0 Å². The molecule has 1 N–H and O–H groups in total. The number of fused-ring (bicyclic) bond motifs is 2. The summed E-state index contributed by atoms with van der Waals surface area (Å²) in [6, 6.07) is 4.38. The summed E-state index contributed by atoms with van der Waals surface area (Å²) in [6.07, 6.45) is 8.21. The summed E-state index contributed by atoms with van der Waals surface area (Å²) in [5.41, 5.74) is 1.43. The third kappa shape index (κ3) is 2.28. The van der Waals surface area contributed by atoms with Crippen LogP contribution in [0.3, 0.4) is 0 Å². The first-order valence-electron chi connectivity index (χ1n) is 7.21. The fourth-order valence-electron chi connectivity index (χ4n) is 3.93. The van der Waals surface area contributed by atoms with Crippen LogP contribution in [-0.4, -0.2) is 11.1 Å². The fourth-order valence-corrected chi connectivity index (χ4v) is 3.93. The van der Waals surface area contributed by atoms with Gasteiger partial charge in [-0.3, -0.25) is 0 Å². The van der Waals surface area contributed by atoms with Gasteiger partial charge >= 0.3 is 0 Å². The standard InChI is InChI=1S/C15H24N2/c1-2-17-7-3-4-15(17)11-16-10-14-9-12-5-6-13(14)8-12/h3-4,7,12-14,16H,2,5-6,8-11H2,1H3. The summed E-state index contributed by atoms with van der Waals surface area (Å²) in [6.45, 7) is 5.56. The molecular formula is C15H24N2. The molecule has 0 saturated heterocycles. The lowest BCUT2D eigenvalue weighted by Gasteiger charge is -2.22. The summed E-state index contributed by atoms with van der Waals surface area (Å²) in [4.78, 5) is 0. The molecule has 0 spiro atoms. The number of aromatic nitrogens is 1. The van der Waals surface area contributed by atoms with Crippen LogP contribution < -0.4 is 5.32 Å². The highest BCUT2D eigenvalue weighted by Gasteiger charge is 2.38. The van der Waals surface area contributed by atoms with E-state index in [0.717, 1.165) is 30.8 Å². The predicted octanol–water partition coefficient (Wildman–Crippen LogP) is 3.03. The molecule has 0 radical (unpaired) electrons. The lowest BCUT2D eigenvalue weighted by molar-refractivity contribution is 0.317. The highest BCUT2D eigenvalue weighted by molar-refractivity contribution is 5.06. The van der Waals surface area contributed by atoms with Gasteiger partial charge in [0.25, 0.3) is 0 Å². The lowest BCUT2D eigenvalue weighted by Crippen LogP contribution is -2.26. The smallest absolute Gasteiger partial charge is 0.0359 e. The molecule has 2 fully saturated rings. The van der Waals surface area contributed by atoms with Crippen molar-refractivity contribution in [1.29, 1.82) is 0 Å². The Kier molecular flexibility index (Phi) is 3.24. The summed E-state index contributed by atoms with van der Waals surface area (Å²) in [5, 5.41) is 3.67. The largest absolute Gasteiger partial charge is 0.351 e. The molecular weight excluding hydrogens is 208 g/mol. The van der Waals surface area contributed by atoms with Gasteiger partial charge in [-0.25, -0.2) is 0 Å². The van der Waals surface area contributed by atoms with Crippen LogP contribution in [0, 0.1) is 17.8 Å². The topological polar surface area (TPSA) is 17.0 Å². The van der Waals surface area contributed by atoms with Gasteiger partial charge in [0.1, 0.15) is 0 Å². The molecule has 2 aliphatic rings. The van der Waals surface area contributed by atoms with Gasteiger partial charge in [-0.15, -0.1) is 0 Å². The van der Waals surface area contributed by atoms with Crippen molar-refractivity contribution in [3.63, 3.8) is 0 Å². The predicted molar refractivity (Wildman–Crippen MR) is 70.8 cm³/mol. The van der Waals surface area contributed by atoms with Crippen molar-refractivity contribution in [2.24, 2.45) is 17.8 Å². The Balaban J connectivity index is 1.46. The van der Waals surface area contributed by atoms with Gasteiger partial charge in [-0.05, 0) is 62.6 Å². The fraction of sp³-hybridized carbons (Fsp3) is 0.733. The Hall–Kier alpha value is -0.760. The van der Waals surface area contributed by atoms with Crippen molar-refractivity contribution in [3.05, 3.63) is 24.0 Å². The zero-order valence-electron chi connectivity index (χ0n) is 10.9. The van der Waals surface area contributed by atoms with Crippen LogP contribution in [0.2, 0.25) is 0 Å². The summed E-state index contributed by atoms with van der Waals surface area (Å²) < 4.78 is 2.33. The highest BCUT2D eigenvalue weighted by atomic mass is 15.0. The van der Waals surface area contributed by atoms with Crippen LogP contribution >= 0.6 is 0 Å². The van der Waals surface area contributed by atoms with E-state index in [1.54, 1.807) is 0 Å². The van der Waals surface area contributed by atoms with Crippen molar-refractivity contribution >= 4 is 0 Å². The second kappa shape index (κ2) is 4.85. The molecule has 0 aliphatic heterocycles. The van der Waals surface area contributed by atoms with Crippen LogP contribution in [-0.2, 0) is 13.1 Å². The molecule has 0 amide bonds. The number of aryl methyl sites for hydroxylation is 1. The third-order valence-corrected chi connectivity index (χ3v) is 4.86. The summed E-state index contributed by atoms with van der Waals surface area (Å²) in [5.74, 6) is 3.09. The van der Waals surface area contributed by atoms with Crippen molar-refractivity contribution in [1.82, 2.24) is 9.88 Å². The van der Waals surface area contributed by atoms with Crippen LogP contribution in [0.4, 0.5) is 0 Å². The summed E-state index contributed by atoms with van der Waals surface area (Å²) >= 11 is 0. The van der Waals surface area contributed by atoms with Gasteiger partial charge in [-0.2, -0.15) is 0 Å². The third-order valence-electron chi connectivity index (χ3n) is 4.86. The van der Waals surface area contributed by atoms with Crippen molar-refractivity contribution in [3.8, 4) is 0 Å². The van der Waals surface area contributed by atoms with Crippen LogP contribution in [0.1, 0.15) is 38.3 Å². The van der Waals surface area contributed by atoms with E-state index in [1.807, 2.05) is 0 Å². The molecule has 94 valence electrons. The van der Waals surface area contributed by atoms with Gasteiger partial charge in [0.05, 0.1) is 0 Å². The van der Waals surface area contributed by atoms with E-state index in [2.05, 4.69) is 35.1 Å². The maximum absolute atomic E-state index is 3.67. The first-order chi connectivity index (χ1) is 8.36. The number of hydrogen-bond donors (Lipinski definition) is 1. The molecule has 3 atom stereocenters. The van der Waals surface area contributed by atoms with Crippen molar-refractivity contribution in [2.45, 2.75) is 45.7 Å². The van der Waals surface area contributed by atoms with E-state index >= 15 is 0 Å². The van der Waals surface area contributed by atoms with E-state index in [0.29, 0.717) is 0 Å². The Bertz CT molecular complexity index is 369. The zero-order chi connectivity index (χ0) is 11.7. The SMILES string of the molecule is CCn1cccc1CNCC1CC2CCC1C2. The molecule has 1 heterocycles. The van der Waals surface area contributed by atoms with Gasteiger partial charge in [-0.1, -0.05) is 6.42 Å². The number of nitrogens with zero attached hydrogens (tertiary/aromatic N) is 1. The molecule has 2 heteroatoms. The number of hydrogen-bond acceptors (Lipinski definition) is 1. The molecule has 2 bridgehead atoms. The summed E-state index contributed by atoms with van der Waals surface area (Å²) in [7, 11) is 0. The van der Waals surface area contributed by atoms with Gasteiger partial charge in [0.2, 0.25) is 0 Å². The van der Waals surface area contributed by atoms with E-state index in [-0.39, 0.29) is 0 Å².